The molecule has 4 nitrogen and oxygen atoms in total. The van der Waals surface area contributed by atoms with E-state index in [1.54, 1.807) is 6.07 Å². The van der Waals surface area contributed by atoms with Crippen molar-refractivity contribution in [3.63, 3.8) is 0 Å². The van der Waals surface area contributed by atoms with Crippen LogP contribution < -0.4 is 5.32 Å². The van der Waals surface area contributed by atoms with E-state index in [0.29, 0.717) is 29.4 Å². The van der Waals surface area contributed by atoms with Crippen LogP contribution in [-0.2, 0) is 9.53 Å². The van der Waals surface area contributed by atoms with E-state index < -0.39 is 5.97 Å². The maximum atomic E-state index is 11.7. The molecule has 0 saturated carbocycles. The van der Waals surface area contributed by atoms with Crippen molar-refractivity contribution in [2.75, 3.05) is 18.3 Å². The van der Waals surface area contributed by atoms with Gasteiger partial charge < -0.3 is 10.1 Å². The maximum absolute atomic E-state index is 11.7. The summed E-state index contributed by atoms with van der Waals surface area (Å²) in [6.45, 7) is 0. The van der Waals surface area contributed by atoms with Gasteiger partial charge in [-0.15, -0.1) is 11.6 Å². The van der Waals surface area contributed by atoms with Crippen molar-refractivity contribution in [1.82, 2.24) is 0 Å². The molecule has 1 aromatic rings. The van der Waals surface area contributed by atoms with E-state index in [-0.39, 0.29) is 11.5 Å². The van der Waals surface area contributed by atoms with Gasteiger partial charge in [-0.05, 0) is 31.0 Å². The smallest absolute Gasteiger partial charge is 0.339 e. The van der Waals surface area contributed by atoms with Crippen LogP contribution in [0.4, 0.5) is 5.69 Å². The molecule has 1 N–H and O–H groups in total. The second-order valence-corrected chi connectivity index (χ2v) is 4.69. The molecule has 0 heterocycles. The quantitative estimate of drug-likeness (QED) is 0.497. The molecule has 1 rings (SSSR count). The van der Waals surface area contributed by atoms with E-state index in [9.17, 15) is 9.59 Å². The summed E-state index contributed by atoms with van der Waals surface area (Å²) in [6.07, 6.45) is 1.82. The Bertz CT molecular complexity index is 463. The summed E-state index contributed by atoms with van der Waals surface area (Å²) in [5.41, 5.74) is 0.632. The van der Waals surface area contributed by atoms with Gasteiger partial charge in [0.2, 0.25) is 5.91 Å². The van der Waals surface area contributed by atoms with Crippen LogP contribution in [0.2, 0.25) is 5.02 Å². The van der Waals surface area contributed by atoms with E-state index in [1.807, 2.05) is 0 Å². The van der Waals surface area contributed by atoms with Gasteiger partial charge in [-0.1, -0.05) is 11.6 Å². The lowest BCUT2D eigenvalue weighted by atomic mass is 10.1. The number of hydrogen-bond donors (Lipinski definition) is 1. The highest BCUT2D eigenvalue weighted by Gasteiger charge is 2.14. The number of benzene rings is 1. The summed E-state index contributed by atoms with van der Waals surface area (Å²) >= 11 is 11.4. The number of esters is 1. The van der Waals surface area contributed by atoms with Crippen molar-refractivity contribution < 1.29 is 14.3 Å². The highest BCUT2D eigenvalue weighted by atomic mass is 35.5. The molecule has 1 amide bonds. The maximum Gasteiger partial charge on any atom is 0.339 e. The summed E-state index contributed by atoms with van der Waals surface area (Å²) in [5, 5.41) is 3.09. The molecule has 0 aliphatic rings. The molecular formula is C13H15Cl2NO3. The predicted octanol–water partition coefficient (Wildman–Crippen LogP) is 3.47. The molecule has 0 saturated heterocycles. The fourth-order valence-electron chi connectivity index (χ4n) is 1.50. The zero-order chi connectivity index (χ0) is 14.3. The number of rotatable bonds is 6. The molecule has 0 aliphatic heterocycles. The van der Waals surface area contributed by atoms with Crippen molar-refractivity contribution in [3.8, 4) is 0 Å². The average Bonchev–Trinajstić information content (AvgIpc) is 2.38. The van der Waals surface area contributed by atoms with E-state index in [1.165, 1.54) is 19.2 Å². The summed E-state index contributed by atoms with van der Waals surface area (Å²) in [6, 6.07) is 4.60. The van der Waals surface area contributed by atoms with Crippen LogP contribution in [0.15, 0.2) is 18.2 Å². The Morgan fingerprint density at radius 1 is 1.32 bits per heavy atom. The number of alkyl halides is 1. The molecule has 0 aliphatic carbocycles. The monoisotopic (exact) mass is 303 g/mol. The van der Waals surface area contributed by atoms with Crippen LogP contribution in [-0.4, -0.2) is 24.9 Å². The Balaban J connectivity index is 2.78. The molecule has 1 aromatic carbocycles. The zero-order valence-electron chi connectivity index (χ0n) is 10.5. The third-order valence-electron chi connectivity index (χ3n) is 2.45. The molecule has 0 bridgehead atoms. The minimum atomic E-state index is -0.521. The molecule has 0 unspecified atom stereocenters. The second kappa shape index (κ2) is 8.02. The molecule has 0 fully saturated rings. The number of anilines is 1. The Labute approximate surface area is 122 Å². The van der Waals surface area contributed by atoms with Crippen molar-refractivity contribution >= 4 is 40.8 Å². The first-order chi connectivity index (χ1) is 9.08. The SMILES string of the molecule is COC(=O)c1ccc(Cl)cc1NC(=O)CCCCCl. The molecule has 19 heavy (non-hydrogen) atoms. The van der Waals surface area contributed by atoms with Crippen LogP contribution in [0.25, 0.3) is 0 Å². The first kappa shape index (κ1) is 15.8. The number of nitrogens with one attached hydrogen (secondary N) is 1. The Morgan fingerprint density at radius 3 is 2.68 bits per heavy atom. The Morgan fingerprint density at radius 2 is 2.05 bits per heavy atom. The first-order valence-corrected chi connectivity index (χ1v) is 6.73. The summed E-state index contributed by atoms with van der Waals surface area (Å²) in [7, 11) is 1.28. The molecule has 0 atom stereocenters. The van der Waals surface area contributed by atoms with Gasteiger partial charge in [0, 0.05) is 17.3 Å². The largest absolute Gasteiger partial charge is 0.465 e. The van der Waals surface area contributed by atoms with E-state index in [0.717, 1.165) is 6.42 Å². The average molecular weight is 304 g/mol. The third kappa shape index (κ3) is 5.09. The number of halogens is 2. The molecule has 6 heteroatoms. The van der Waals surface area contributed by atoms with Gasteiger partial charge in [-0.3, -0.25) is 4.79 Å². The number of carbonyl (C=O) groups is 2. The van der Waals surface area contributed by atoms with Gasteiger partial charge >= 0.3 is 5.97 Å². The van der Waals surface area contributed by atoms with Crippen LogP contribution in [0.1, 0.15) is 29.6 Å². The zero-order valence-corrected chi connectivity index (χ0v) is 12.1. The summed E-state index contributed by atoms with van der Waals surface area (Å²) in [4.78, 5) is 23.3. The second-order valence-electron chi connectivity index (χ2n) is 3.88. The predicted molar refractivity (Wildman–Crippen MR) is 76.0 cm³/mol. The molecule has 0 aromatic heterocycles. The third-order valence-corrected chi connectivity index (χ3v) is 2.95. The fourth-order valence-corrected chi connectivity index (χ4v) is 1.86. The number of hydrogen-bond acceptors (Lipinski definition) is 3. The van der Waals surface area contributed by atoms with Crippen molar-refractivity contribution in [3.05, 3.63) is 28.8 Å². The first-order valence-electron chi connectivity index (χ1n) is 5.82. The number of ether oxygens (including phenoxy) is 1. The van der Waals surface area contributed by atoms with Crippen LogP contribution in [0, 0.1) is 0 Å². The van der Waals surface area contributed by atoms with Crippen molar-refractivity contribution in [2.24, 2.45) is 0 Å². The van der Waals surface area contributed by atoms with Crippen LogP contribution in [0.3, 0.4) is 0 Å². The summed E-state index contributed by atoms with van der Waals surface area (Å²) in [5.74, 6) is -0.178. The van der Waals surface area contributed by atoms with Crippen LogP contribution >= 0.6 is 23.2 Å². The van der Waals surface area contributed by atoms with Crippen molar-refractivity contribution in [2.45, 2.75) is 19.3 Å². The molecule has 104 valence electrons. The normalized spacial score (nSPS) is 10.1. The lowest BCUT2D eigenvalue weighted by Crippen LogP contribution is -2.15. The number of methoxy groups -OCH3 is 1. The Kier molecular flexibility index (Phi) is 6.67. The number of amides is 1. The fraction of sp³-hybridized carbons (Fsp3) is 0.385. The van der Waals surface area contributed by atoms with E-state index in [4.69, 9.17) is 23.2 Å². The molecule has 0 radical (unpaired) electrons. The topological polar surface area (TPSA) is 55.4 Å². The van der Waals surface area contributed by atoms with Gasteiger partial charge in [0.05, 0.1) is 18.4 Å². The molecular weight excluding hydrogens is 289 g/mol. The van der Waals surface area contributed by atoms with Gasteiger partial charge in [0.1, 0.15) is 0 Å². The van der Waals surface area contributed by atoms with Gasteiger partial charge in [0.25, 0.3) is 0 Å². The van der Waals surface area contributed by atoms with E-state index in [2.05, 4.69) is 10.1 Å². The highest BCUT2D eigenvalue weighted by Crippen LogP contribution is 2.22. The lowest BCUT2D eigenvalue weighted by molar-refractivity contribution is -0.116. The molecule has 0 spiro atoms. The van der Waals surface area contributed by atoms with E-state index >= 15 is 0 Å². The number of unbranched alkanes of at least 4 members (excludes halogenated alkanes) is 1. The van der Waals surface area contributed by atoms with Crippen LogP contribution in [0.5, 0.6) is 0 Å². The minimum absolute atomic E-state index is 0.183. The lowest BCUT2D eigenvalue weighted by Gasteiger charge is -2.10. The Hall–Kier alpha value is -1.26. The number of carbonyl (C=O) groups excluding carboxylic acids is 2. The van der Waals surface area contributed by atoms with Gasteiger partial charge in [0.15, 0.2) is 0 Å². The van der Waals surface area contributed by atoms with Crippen molar-refractivity contribution in [1.29, 1.82) is 0 Å². The highest BCUT2D eigenvalue weighted by molar-refractivity contribution is 6.31. The minimum Gasteiger partial charge on any atom is -0.465 e. The summed E-state index contributed by atoms with van der Waals surface area (Å²) < 4.78 is 4.65. The standard InChI is InChI=1S/C13H15Cl2NO3/c1-19-13(18)10-6-5-9(15)8-11(10)16-12(17)4-2-3-7-14/h5-6,8H,2-4,7H2,1H3,(H,16,17). The van der Waals surface area contributed by atoms with Gasteiger partial charge in [-0.2, -0.15) is 0 Å². The van der Waals surface area contributed by atoms with Gasteiger partial charge in [-0.25, -0.2) is 4.79 Å².